The molecule has 4 nitrogen and oxygen atoms in total. The molecule has 2 N–H and O–H groups in total. The van der Waals surface area contributed by atoms with Gasteiger partial charge >= 0.3 is 0 Å². The van der Waals surface area contributed by atoms with E-state index in [0.29, 0.717) is 16.3 Å². The van der Waals surface area contributed by atoms with E-state index in [4.69, 9.17) is 16.3 Å². The molecule has 21 heavy (non-hydrogen) atoms. The molecule has 0 unspecified atom stereocenters. The number of aliphatic hydroxyl groups is 1. The van der Waals surface area contributed by atoms with Crippen molar-refractivity contribution in [2.45, 2.75) is 6.04 Å². The van der Waals surface area contributed by atoms with Crippen LogP contribution in [0.5, 0.6) is 5.75 Å². The van der Waals surface area contributed by atoms with E-state index in [9.17, 15) is 9.90 Å². The summed E-state index contributed by atoms with van der Waals surface area (Å²) < 4.78 is 5.16. The van der Waals surface area contributed by atoms with Gasteiger partial charge in [0.05, 0.1) is 25.3 Å². The fourth-order valence-electron chi connectivity index (χ4n) is 2.01. The molecule has 2 rings (SSSR count). The van der Waals surface area contributed by atoms with Gasteiger partial charge in [-0.2, -0.15) is 0 Å². The molecule has 1 amide bonds. The Morgan fingerprint density at radius 2 is 2.00 bits per heavy atom. The maximum Gasteiger partial charge on any atom is 0.255 e. The topological polar surface area (TPSA) is 58.6 Å². The van der Waals surface area contributed by atoms with Crippen LogP contribution in [0.15, 0.2) is 48.5 Å². The predicted molar refractivity (Wildman–Crippen MR) is 81.7 cm³/mol. The molecule has 0 aliphatic heterocycles. The van der Waals surface area contributed by atoms with E-state index in [1.54, 1.807) is 18.2 Å². The molecule has 0 aliphatic carbocycles. The maximum atomic E-state index is 12.3. The summed E-state index contributed by atoms with van der Waals surface area (Å²) in [6.07, 6.45) is 0. The molecule has 2 aromatic carbocycles. The monoisotopic (exact) mass is 305 g/mol. The van der Waals surface area contributed by atoms with E-state index in [1.807, 2.05) is 30.3 Å². The van der Waals surface area contributed by atoms with Gasteiger partial charge in [0, 0.05) is 5.02 Å². The van der Waals surface area contributed by atoms with Crippen molar-refractivity contribution in [1.29, 1.82) is 0 Å². The van der Waals surface area contributed by atoms with E-state index in [0.717, 1.165) is 5.56 Å². The Kier molecular flexibility index (Phi) is 5.20. The van der Waals surface area contributed by atoms with Crippen LogP contribution in [0, 0.1) is 0 Å². The van der Waals surface area contributed by atoms with Crippen molar-refractivity contribution in [3.05, 3.63) is 64.7 Å². The number of carbonyl (C=O) groups excluding carboxylic acids is 1. The highest BCUT2D eigenvalue weighted by molar-refractivity contribution is 6.30. The number of hydrogen-bond acceptors (Lipinski definition) is 3. The van der Waals surface area contributed by atoms with E-state index in [1.165, 1.54) is 7.11 Å². The standard InChI is InChI=1S/C16H16ClNO3/c1-21-15-9-12(17)7-8-13(15)16(20)18-14(10-19)11-5-3-2-4-6-11/h2-9,14,19H,10H2,1H3,(H,18,20)/t14-/m1/s1. The Bertz CT molecular complexity index is 616. The highest BCUT2D eigenvalue weighted by Crippen LogP contribution is 2.24. The lowest BCUT2D eigenvalue weighted by Crippen LogP contribution is -2.31. The summed E-state index contributed by atoms with van der Waals surface area (Å²) in [4.78, 5) is 12.3. The van der Waals surface area contributed by atoms with Gasteiger partial charge in [-0.3, -0.25) is 4.79 Å². The number of carbonyl (C=O) groups is 1. The molecule has 2 aromatic rings. The molecule has 0 saturated heterocycles. The first-order valence-corrected chi connectivity index (χ1v) is 6.83. The predicted octanol–water partition coefficient (Wildman–Crippen LogP) is 2.81. The smallest absolute Gasteiger partial charge is 0.255 e. The third-order valence-corrected chi connectivity index (χ3v) is 3.33. The van der Waals surface area contributed by atoms with E-state index in [-0.39, 0.29) is 12.5 Å². The minimum absolute atomic E-state index is 0.189. The Morgan fingerprint density at radius 3 is 2.62 bits per heavy atom. The zero-order chi connectivity index (χ0) is 15.2. The zero-order valence-corrected chi connectivity index (χ0v) is 12.3. The van der Waals surface area contributed by atoms with E-state index < -0.39 is 6.04 Å². The first-order chi connectivity index (χ1) is 10.2. The molecule has 0 heterocycles. The SMILES string of the molecule is COc1cc(Cl)ccc1C(=O)N[C@H](CO)c1ccccc1. The molecule has 110 valence electrons. The summed E-state index contributed by atoms with van der Waals surface area (Å²) in [5, 5.41) is 12.8. The number of benzene rings is 2. The summed E-state index contributed by atoms with van der Waals surface area (Å²) in [6.45, 7) is -0.189. The zero-order valence-electron chi connectivity index (χ0n) is 11.5. The Balaban J connectivity index is 2.21. The molecular weight excluding hydrogens is 290 g/mol. The summed E-state index contributed by atoms with van der Waals surface area (Å²) >= 11 is 5.88. The minimum atomic E-state index is -0.473. The summed E-state index contributed by atoms with van der Waals surface area (Å²) in [6, 6.07) is 13.6. The van der Waals surface area contributed by atoms with Crippen LogP contribution in [0.1, 0.15) is 22.0 Å². The van der Waals surface area contributed by atoms with Crippen molar-refractivity contribution in [3.8, 4) is 5.75 Å². The second kappa shape index (κ2) is 7.11. The summed E-state index contributed by atoms with van der Waals surface area (Å²) in [5.41, 5.74) is 1.21. The number of amides is 1. The number of hydrogen-bond donors (Lipinski definition) is 2. The van der Waals surface area contributed by atoms with Gasteiger partial charge in [-0.05, 0) is 23.8 Å². The minimum Gasteiger partial charge on any atom is -0.496 e. The lowest BCUT2D eigenvalue weighted by Gasteiger charge is -2.17. The molecule has 0 bridgehead atoms. The molecule has 0 radical (unpaired) electrons. The quantitative estimate of drug-likeness (QED) is 0.893. The number of halogens is 1. The molecule has 5 heteroatoms. The first-order valence-electron chi connectivity index (χ1n) is 6.46. The number of methoxy groups -OCH3 is 1. The highest BCUT2D eigenvalue weighted by Gasteiger charge is 2.18. The van der Waals surface area contributed by atoms with E-state index >= 15 is 0 Å². The van der Waals surface area contributed by atoms with Gasteiger partial charge in [0.15, 0.2) is 0 Å². The molecule has 0 spiro atoms. The molecule has 1 atom stereocenters. The van der Waals surface area contributed by atoms with Crippen molar-refractivity contribution >= 4 is 17.5 Å². The van der Waals surface area contributed by atoms with Crippen molar-refractivity contribution in [3.63, 3.8) is 0 Å². The van der Waals surface area contributed by atoms with Gasteiger partial charge in [0.2, 0.25) is 0 Å². The van der Waals surface area contributed by atoms with Gasteiger partial charge < -0.3 is 15.2 Å². The summed E-state index contributed by atoms with van der Waals surface area (Å²) in [7, 11) is 1.48. The number of aliphatic hydroxyl groups excluding tert-OH is 1. The van der Waals surface area contributed by atoms with E-state index in [2.05, 4.69) is 5.32 Å². The Morgan fingerprint density at radius 1 is 1.29 bits per heavy atom. The average Bonchev–Trinajstić information content (AvgIpc) is 2.53. The van der Waals surface area contributed by atoms with Gasteiger partial charge in [0.25, 0.3) is 5.91 Å². The fraction of sp³-hybridized carbons (Fsp3) is 0.188. The lowest BCUT2D eigenvalue weighted by atomic mass is 10.1. The molecular formula is C16H16ClNO3. The van der Waals surface area contributed by atoms with Crippen LogP contribution < -0.4 is 10.1 Å². The molecule has 0 fully saturated rings. The number of rotatable bonds is 5. The van der Waals surface area contributed by atoms with Crippen molar-refractivity contribution in [1.82, 2.24) is 5.32 Å². The number of ether oxygens (including phenoxy) is 1. The molecule has 0 aliphatic rings. The van der Waals surface area contributed by atoms with Gasteiger partial charge in [0.1, 0.15) is 5.75 Å². The van der Waals surface area contributed by atoms with Crippen molar-refractivity contribution < 1.29 is 14.6 Å². The van der Waals surface area contributed by atoms with Crippen LogP contribution in [0.25, 0.3) is 0 Å². The van der Waals surface area contributed by atoms with Crippen molar-refractivity contribution in [2.75, 3.05) is 13.7 Å². The van der Waals surface area contributed by atoms with Crippen LogP contribution in [-0.4, -0.2) is 24.7 Å². The lowest BCUT2D eigenvalue weighted by molar-refractivity contribution is 0.0913. The summed E-state index contributed by atoms with van der Waals surface area (Å²) in [5.74, 6) is 0.0659. The second-order valence-electron chi connectivity index (χ2n) is 4.46. The van der Waals surface area contributed by atoms with Crippen LogP contribution in [-0.2, 0) is 0 Å². The highest BCUT2D eigenvalue weighted by atomic mass is 35.5. The largest absolute Gasteiger partial charge is 0.496 e. The Labute approximate surface area is 128 Å². The third kappa shape index (κ3) is 3.74. The number of nitrogens with one attached hydrogen (secondary N) is 1. The van der Waals surface area contributed by atoms with Gasteiger partial charge in [-0.15, -0.1) is 0 Å². The maximum absolute atomic E-state index is 12.3. The van der Waals surface area contributed by atoms with Gasteiger partial charge in [-0.1, -0.05) is 41.9 Å². The molecule has 0 aromatic heterocycles. The van der Waals surface area contributed by atoms with Crippen LogP contribution in [0.4, 0.5) is 0 Å². The van der Waals surface area contributed by atoms with Crippen LogP contribution in [0.3, 0.4) is 0 Å². The fourth-order valence-corrected chi connectivity index (χ4v) is 2.17. The van der Waals surface area contributed by atoms with Crippen LogP contribution >= 0.6 is 11.6 Å². The normalized spacial score (nSPS) is 11.8. The first kappa shape index (κ1) is 15.4. The van der Waals surface area contributed by atoms with Crippen molar-refractivity contribution in [2.24, 2.45) is 0 Å². The average molecular weight is 306 g/mol. The van der Waals surface area contributed by atoms with Crippen LogP contribution in [0.2, 0.25) is 5.02 Å². The third-order valence-electron chi connectivity index (χ3n) is 3.10. The second-order valence-corrected chi connectivity index (χ2v) is 4.90. The van der Waals surface area contributed by atoms with Gasteiger partial charge in [-0.25, -0.2) is 0 Å². The molecule has 0 saturated carbocycles. The Hall–Kier alpha value is -2.04.